The van der Waals surface area contributed by atoms with Crippen molar-refractivity contribution in [1.82, 2.24) is 0 Å². The second-order valence-electron chi connectivity index (χ2n) is 7.87. The maximum atomic E-state index is 14.6. The van der Waals surface area contributed by atoms with Gasteiger partial charge in [0.05, 0.1) is 0 Å². The number of carbonyl (C=O) groups excluding carboxylic acids is 1. The summed E-state index contributed by atoms with van der Waals surface area (Å²) in [5.41, 5.74) is 0. The van der Waals surface area contributed by atoms with Crippen LogP contribution in [0.15, 0.2) is 0 Å². The quantitative estimate of drug-likeness (QED) is 0.391. The first-order valence-corrected chi connectivity index (χ1v) is 9.52. The summed E-state index contributed by atoms with van der Waals surface area (Å²) >= 11 is 0. The fourth-order valence-electron chi connectivity index (χ4n) is 4.66. The van der Waals surface area contributed by atoms with Gasteiger partial charge in [0.15, 0.2) is 0 Å². The monoisotopic (exact) mass is 350 g/mol. The topological polar surface area (TPSA) is 17.1 Å². The molecule has 140 valence electrons. The minimum Gasteiger partial charge on any atom is -0.303 e. The molecule has 0 heterocycles. The lowest BCUT2D eigenvalue weighted by Gasteiger charge is -2.42. The van der Waals surface area contributed by atoms with Crippen molar-refractivity contribution in [2.45, 2.75) is 89.4 Å². The number of aldehydes is 1. The van der Waals surface area contributed by atoms with Crippen LogP contribution >= 0.6 is 0 Å². The Kier molecular flexibility index (Phi) is 6.72. The molecule has 24 heavy (non-hydrogen) atoms. The molecule has 0 bridgehead atoms. The maximum absolute atomic E-state index is 14.6. The number of halogens is 4. The third kappa shape index (κ3) is 4.13. The Balaban J connectivity index is 1.95. The van der Waals surface area contributed by atoms with Crippen LogP contribution in [0.3, 0.4) is 0 Å². The Bertz CT molecular complexity index is 394. The van der Waals surface area contributed by atoms with E-state index in [-0.39, 0.29) is 31.6 Å². The summed E-state index contributed by atoms with van der Waals surface area (Å²) in [6.07, 6.45) is 6.03. The van der Waals surface area contributed by atoms with Gasteiger partial charge in [-0.3, -0.25) is 0 Å². The molecule has 0 saturated heterocycles. The highest BCUT2D eigenvalue weighted by atomic mass is 19.3. The molecule has 0 aromatic carbocycles. The van der Waals surface area contributed by atoms with E-state index in [4.69, 9.17) is 0 Å². The number of alkyl halides is 4. The van der Waals surface area contributed by atoms with Crippen molar-refractivity contribution in [3.63, 3.8) is 0 Å². The zero-order valence-electron chi connectivity index (χ0n) is 14.6. The van der Waals surface area contributed by atoms with E-state index in [2.05, 4.69) is 6.92 Å². The molecule has 0 amide bonds. The van der Waals surface area contributed by atoms with Crippen LogP contribution in [-0.4, -0.2) is 18.1 Å². The molecule has 0 aromatic rings. The molecule has 0 N–H and O–H groups in total. The molecule has 0 aliphatic heterocycles. The first-order chi connectivity index (χ1) is 11.3. The lowest BCUT2D eigenvalue weighted by molar-refractivity contribution is -0.270. The van der Waals surface area contributed by atoms with Crippen LogP contribution in [-0.2, 0) is 4.79 Å². The third-order valence-electron chi connectivity index (χ3n) is 6.29. The highest BCUT2D eigenvalue weighted by molar-refractivity contribution is 5.49. The van der Waals surface area contributed by atoms with Gasteiger partial charge in [-0.15, -0.1) is 0 Å². The van der Waals surface area contributed by atoms with Gasteiger partial charge < -0.3 is 4.79 Å². The Morgan fingerprint density at radius 3 is 1.58 bits per heavy atom. The molecule has 2 rings (SSSR count). The molecule has 0 aromatic heterocycles. The van der Waals surface area contributed by atoms with Crippen LogP contribution < -0.4 is 0 Å². The maximum Gasteiger partial charge on any atom is 0.313 e. The van der Waals surface area contributed by atoms with Crippen molar-refractivity contribution in [2.75, 3.05) is 0 Å². The lowest BCUT2D eigenvalue weighted by atomic mass is 9.71. The van der Waals surface area contributed by atoms with Crippen molar-refractivity contribution >= 4 is 6.29 Å². The van der Waals surface area contributed by atoms with Gasteiger partial charge in [-0.2, -0.15) is 17.6 Å². The zero-order valence-corrected chi connectivity index (χ0v) is 14.6. The largest absolute Gasteiger partial charge is 0.313 e. The van der Waals surface area contributed by atoms with Crippen LogP contribution in [0.1, 0.15) is 77.6 Å². The smallest absolute Gasteiger partial charge is 0.303 e. The van der Waals surface area contributed by atoms with Crippen LogP contribution in [0.5, 0.6) is 0 Å². The second-order valence-corrected chi connectivity index (χ2v) is 7.87. The van der Waals surface area contributed by atoms with Crippen molar-refractivity contribution in [3.8, 4) is 0 Å². The fraction of sp³-hybridized carbons (Fsp3) is 0.947. The Morgan fingerprint density at radius 1 is 0.792 bits per heavy atom. The zero-order chi connectivity index (χ0) is 17.8. The molecule has 2 aliphatic carbocycles. The molecule has 2 saturated carbocycles. The highest BCUT2D eigenvalue weighted by Crippen LogP contribution is 2.53. The van der Waals surface area contributed by atoms with E-state index < -0.39 is 23.7 Å². The molecular weight excluding hydrogens is 320 g/mol. The molecule has 2 aliphatic rings. The molecular formula is C19H30F4O. The summed E-state index contributed by atoms with van der Waals surface area (Å²) in [6, 6.07) is 0. The first-order valence-electron chi connectivity index (χ1n) is 9.52. The second kappa shape index (κ2) is 8.18. The van der Waals surface area contributed by atoms with Gasteiger partial charge in [0.1, 0.15) is 6.29 Å². The predicted octanol–water partition coefficient (Wildman–Crippen LogP) is 6.26. The minimum absolute atomic E-state index is 0.0904. The highest BCUT2D eigenvalue weighted by Gasteiger charge is 2.64. The summed E-state index contributed by atoms with van der Waals surface area (Å²) in [5.74, 6) is -9.76. The van der Waals surface area contributed by atoms with E-state index in [9.17, 15) is 22.4 Å². The van der Waals surface area contributed by atoms with Crippen LogP contribution in [0.2, 0.25) is 0 Å². The molecule has 0 spiro atoms. The molecule has 0 unspecified atom stereocenters. The molecule has 2 fully saturated rings. The lowest BCUT2D eigenvalue weighted by Crippen LogP contribution is -2.52. The summed E-state index contributed by atoms with van der Waals surface area (Å²) in [5, 5.41) is 0. The van der Waals surface area contributed by atoms with Gasteiger partial charge in [-0.25, -0.2) is 0 Å². The number of hydrogen-bond donors (Lipinski definition) is 0. The Hall–Kier alpha value is -0.610. The summed E-state index contributed by atoms with van der Waals surface area (Å²) in [6.45, 7) is 2.07. The van der Waals surface area contributed by atoms with Crippen molar-refractivity contribution < 1.29 is 22.4 Å². The van der Waals surface area contributed by atoms with E-state index in [1.807, 2.05) is 0 Å². The summed E-state index contributed by atoms with van der Waals surface area (Å²) in [4.78, 5) is 10.5. The minimum atomic E-state index is -3.93. The van der Waals surface area contributed by atoms with Gasteiger partial charge >= 0.3 is 11.8 Å². The van der Waals surface area contributed by atoms with Gasteiger partial charge in [0.2, 0.25) is 0 Å². The van der Waals surface area contributed by atoms with Gasteiger partial charge in [-0.1, -0.05) is 19.8 Å². The molecule has 1 nitrogen and oxygen atoms in total. The van der Waals surface area contributed by atoms with E-state index in [0.29, 0.717) is 38.0 Å². The van der Waals surface area contributed by atoms with Gasteiger partial charge in [0.25, 0.3) is 0 Å². The number of rotatable bonds is 7. The SMILES string of the molecule is CCCC1CCC(C(F)(F)C(F)(F)C2CCC(CC=O)CC2)CC1. The predicted molar refractivity (Wildman–Crippen MR) is 86.4 cm³/mol. The van der Waals surface area contributed by atoms with Crippen LogP contribution in [0.25, 0.3) is 0 Å². The van der Waals surface area contributed by atoms with E-state index in [1.165, 1.54) is 0 Å². The average Bonchev–Trinajstić information content (AvgIpc) is 2.56. The number of carbonyl (C=O) groups is 1. The van der Waals surface area contributed by atoms with Crippen molar-refractivity contribution in [2.24, 2.45) is 23.7 Å². The molecule has 5 heteroatoms. The Morgan fingerprint density at radius 2 is 1.21 bits per heavy atom. The van der Waals surface area contributed by atoms with E-state index in [0.717, 1.165) is 19.1 Å². The Labute approximate surface area is 142 Å². The number of hydrogen-bond acceptors (Lipinski definition) is 1. The fourth-order valence-corrected chi connectivity index (χ4v) is 4.66. The van der Waals surface area contributed by atoms with Crippen LogP contribution in [0, 0.1) is 23.7 Å². The summed E-state index contributed by atoms with van der Waals surface area (Å²) < 4.78 is 58.5. The standard InChI is InChI=1S/C19H30F4O/c1-2-3-14-4-8-16(9-5-14)18(20,21)19(22,23)17-10-6-15(7-11-17)12-13-24/h13-17H,2-12H2,1H3. The third-order valence-corrected chi connectivity index (χ3v) is 6.29. The van der Waals surface area contributed by atoms with Crippen molar-refractivity contribution in [3.05, 3.63) is 0 Å². The van der Waals surface area contributed by atoms with Crippen LogP contribution in [0.4, 0.5) is 17.6 Å². The van der Waals surface area contributed by atoms with Crippen molar-refractivity contribution in [1.29, 1.82) is 0 Å². The van der Waals surface area contributed by atoms with Gasteiger partial charge in [-0.05, 0) is 63.2 Å². The summed E-state index contributed by atoms with van der Waals surface area (Å²) in [7, 11) is 0. The van der Waals surface area contributed by atoms with E-state index in [1.54, 1.807) is 0 Å². The average molecular weight is 350 g/mol. The van der Waals surface area contributed by atoms with Gasteiger partial charge in [0, 0.05) is 18.3 Å². The normalized spacial score (nSPS) is 32.5. The first kappa shape index (κ1) is 19.7. The molecule has 0 atom stereocenters. The molecule has 0 radical (unpaired) electrons. The van der Waals surface area contributed by atoms with E-state index >= 15 is 0 Å².